The molecule has 7 heteroatoms. The maximum absolute atomic E-state index is 12.3. The van der Waals surface area contributed by atoms with Gasteiger partial charge in [-0.05, 0) is 36.8 Å². The summed E-state index contributed by atoms with van der Waals surface area (Å²) in [6, 6.07) is 13.4. The minimum atomic E-state index is -3.47. The number of carbonyl (C=O) groups is 1. The number of halogens is 1. The molecule has 2 N–H and O–H groups in total. The molecule has 0 saturated heterocycles. The first-order chi connectivity index (χ1) is 11.2. The van der Waals surface area contributed by atoms with E-state index in [9.17, 15) is 13.2 Å². The van der Waals surface area contributed by atoms with Gasteiger partial charge in [-0.1, -0.05) is 41.4 Å². The summed E-state index contributed by atoms with van der Waals surface area (Å²) >= 11 is 5.86. The monoisotopic (exact) mass is 366 g/mol. The highest BCUT2D eigenvalue weighted by Crippen LogP contribution is 2.21. The highest BCUT2D eigenvalue weighted by Gasteiger charge is 2.20. The van der Waals surface area contributed by atoms with Crippen LogP contribution >= 0.6 is 11.6 Å². The van der Waals surface area contributed by atoms with Crippen molar-refractivity contribution in [2.45, 2.75) is 19.4 Å². The van der Waals surface area contributed by atoms with Gasteiger partial charge in [-0.25, -0.2) is 13.1 Å². The lowest BCUT2D eigenvalue weighted by Gasteiger charge is -2.18. The Morgan fingerprint density at radius 2 is 1.67 bits per heavy atom. The quantitative estimate of drug-likeness (QED) is 0.823. The van der Waals surface area contributed by atoms with E-state index in [2.05, 4.69) is 10.0 Å². The molecule has 0 radical (unpaired) electrons. The first-order valence-electron chi connectivity index (χ1n) is 7.32. The summed E-state index contributed by atoms with van der Waals surface area (Å²) < 4.78 is 25.7. The van der Waals surface area contributed by atoms with E-state index >= 15 is 0 Å². The van der Waals surface area contributed by atoms with Gasteiger partial charge in [0.15, 0.2) is 0 Å². The lowest BCUT2D eigenvalue weighted by atomic mass is 10.0. The third-order valence-electron chi connectivity index (χ3n) is 3.35. The van der Waals surface area contributed by atoms with Crippen LogP contribution in [0.3, 0.4) is 0 Å². The summed E-state index contributed by atoms with van der Waals surface area (Å²) in [6.45, 7) is 1.96. The summed E-state index contributed by atoms with van der Waals surface area (Å²) in [5, 5.41) is 3.31. The van der Waals surface area contributed by atoms with Crippen molar-refractivity contribution >= 4 is 33.2 Å². The van der Waals surface area contributed by atoms with Crippen molar-refractivity contribution in [3.05, 3.63) is 64.7 Å². The van der Waals surface area contributed by atoms with Crippen molar-refractivity contribution in [1.29, 1.82) is 0 Å². The predicted octanol–water partition coefficient (Wildman–Crippen LogP) is 3.27. The molecule has 1 unspecified atom stereocenters. The maximum Gasteiger partial charge on any atom is 0.226 e. The molecule has 0 aromatic heterocycles. The number of rotatable bonds is 6. The molecule has 0 fully saturated rings. The number of anilines is 1. The zero-order valence-electron chi connectivity index (χ0n) is 13.4. The Labute approximate surface area is 147 Å². The third kappa shape index (κ3) is 5.96. The van der Waals surface area contributed by atoms with Gasteiger partial charge in [0.1, 0.15) is 0 Å². The third-order valence-corrected chi connectivity index (χ3v) is 4.32. The molecule has 5 nitrogen and oxygen atoms in total. The van der Waals surface area contributed by atoms with Gasteiger partial charge < -0.3 is 5.32 Å². The lowest BCUT2D eigenvalue weighted by molar-refractivity contribution is -0.116. The molecule has 0 aliphatic heterocycles. The van der Waals surface area contributed by atoms with Gasteiger partial charge in [0.05, 0.1) is 12.3 Å². The van der Waals surface area contributed by atoms with E-state index < -0.39 is 16.1 Å². The molecule has 0 saturated carbocycles. The van der Waals surface area contributed by atoms with Gasteiger partial charge in [0.2, 0.25) is 15.9 Å². The van der Waals surface area contributed by atoms with E-state index in [0.717, 1.165) is 11.8 Å². The number of hydrogen-bond donors (Lipinski definition) is 2. The van der Waals surface area contributed by atoms with Gasteiger partial charge in [-0.3, -0.25) is 4.79 Å². The Morgan fingerprint density at radius 1 is 1.08 bits per heavy atom. The van der Waals surface area contributed by atoms with Gasteiger partial charge in [-0.2, -0.15) is 0 Å². The summed E-state index contributed by atoms with van der Waals surface area (Å²) in [5.74, 6) is -0.282. The Kier molecular flexibility index (Phi) is 5.99. The van der Waals surface area contributed by atoms with Crippen LogP contribution in [0.25, 0.3) is 0 Å². The first kappa shape index (κ1) is 18.4. The van der Waals surface area contributed by atoms with Crippen LogP contribution in [0.5, 0.6) is 0 Å². The van der Waals surface area contributed by atoms with Crippen LogP contribution in [-0.2, 0) is 14.8 Å². The molecule has 1 atom stereocenters. The van der Waals surface area contributed by atoms with E-state index in [0.29, 0.717) is 16.3 Å². The van der Waals surface area contributed by atoms with E-state index in [-0.39, 0.29) is 12.3 Å². The number of amides is 1. The van der Waals surface area contributed by atoms with Gasteiger partial charge in [0, 0.05) is 17.1 Å². The topological polar surface area (TPSA) is 75.3 Å². The molecular weight excluding hydrogens is 348 g/mol. The van der Waals surface area contributed by atoms with Crippen molar-refractivity contribution in [3.63, 3.8) is 0 Å². The Balaban J connectivity index is 2.13. The highest BCUT2D eigenvalue weighted by atomic mass is 35.5. The maximum atomic E-state index is 12.3. The molecule has 24 heavy (non-hydrogen) atoms. The van der Waals surface area contributed by atoms with Gasteiger partial charge >= 0.3 is 0 Å². The summed E-state index contributed by atoms with van der Waals surface area (Å²) in [7, 11) is -3.47. The smallest absolute Gasteiger partial charge is 0.226 e. The summed E-state index contributed by atoms with van der Waals surface area (Å²) in [6.07, 6.45) is 1.04. The molecule has 2 aromatic rings. The number of nitrogens with one attached hydrogen (secondary N) is 2. The zero-order chi connectivity index (χ0) is 17.7. The SMILES string of the molecule is Cc1ccc(NC(=O)CC(NS(C)(=O)=O)c2ccc(Cl)cc2)cc1. The summed E-state index contributed by atoms with van der Waals surface area (Å²) in [4.78, 5) is 12.3. The van der Waals surface area contributed by atoms with Crippen LogP contribution in [-0.4, -0.2) is 20.6 Å². The molecule has 0 aliphatic carbocycles. The van der Waals surface area contributed by atoms with Crippen LogP contribution in [0.4, 0.5) is 5.69 Å². The van der Waals surface area contributed by atoms with Crippen molar-refractivity contribution in [3.8, 4) is 0 Å². The van der Waals surface area contributed by atoms with Crippen LogP contribution in [0, 0.1) is 6.92 Å². The molecule has 128 valence electrons. The van der Waals surface area contributed by atoms with E-state index in [1.54, 1.807) is 36.4 Å². The van der Waals surface area contributed by atoms with Crippen LogP contribution in [0.2, 0.25) is 5.02 Å². The second kappa shape index (κ2) is 7.79. The molecule has 2 rings (SSSR count). The minimum Gasteiger partial charge on any atom is -0.326 e. The largest absolute Gasteiger partial charge is 0.326 e. The second-order valence-corrected chi connectivity index (χ2v) is 7.83. The molecule has 1 amide bonds. The molecular formula is C17H19ClN2O3S. The highest BCUT2D eigenvalue weighted by molar-refractivity contribution is 7.88. The summed E-state index contributed by atoms with van der Waals surface area (Å²) in [5.41, 5.74) is 2.43. The normalized spacial score (nSPS) is 12.6. The number of benzene rings is 2. The van der Waals surface area contributed by atoms with Crippen molar-refractivity contribution in [2.24, 2.45) is 0 Å². The van der Waals surface area contributed by atoms with Gasteiger partial charge in [0.25, 0.3) is 0 Å². The fourth-order valence-electron chi connectivity index (χ4n) is 2.22. The van der Waals surface area contributed by atoms with Crippen LogP contribution in [0.15, 0.2) is 48.5 Å². The predicted molar refractivity (Wildman–Crippen MR) is 96.6 cm³/mol. The molecule has 2 aromatic carbocycles. The van der Waals surface area contributed by atoms with Gasteiger partial charge in [-0.15, -0.1) is 0 Å². The molecule has 0 spiro atoms. The van der Waals surface area contributed by atoms with E-state index in [1.807, 2.05) is 19.1 Å². The lowest BCUT2D eigenvalue weighted by Crippen LogP contribution is -2.30. The number of hydrogen-bond acceptors (Lipinski definition) is 3. The first-order valence-corrected chi connectivity index (χ1v) is 9.59. The number of aryl methyl sites for hydroxylation is 1. The Morgan fingerprint density at radius 3 is 2.21 bits per heavy atom. The van der Waals surface area contributed by atoms with Crippen molar-refractivity contribution in [2.75, 3.05) is 11.6 Å². The van der Waals surface area contributed by atoms with E-state index in [1.165, 1.54) is 0 Å². The fraction of sp³-hybridized carbons (Fsp3) is 0.235. The minimum absolute atomic E-state index is 0.0252. The Hall–Kier alpha value is -1.89. The molecule has 0 aliphatic rings. The van der Waals surface area contributed by atoms with Crippen molar-refractivity contribution in [1.82, 2.24) is 4.72 Å². The second-order valence-electron chi connectivity index (χ2n) is 5.61. The van der Waals surface area contributed by atoms with Crippen LogP contribution in [0.1, 0.15) is 23.6 Å². The average molecular weight is 367 g/mol. The molecule has 0 bridgehead atoms. The number of sulfonamides is 1. The number of carbonyl (C=O) groups excluding carboxylic acids is 1. The fourth-order valence-corrected chi connectivity index (χ4v) is 3.08. The molecule has 0 heterocycles. The standard InChI is InChI=1S/C17H19ClN2O3S/c1-12-3-9-15(10-4-12)19-17(21)11-16(20-24(2,22)23)13-5-7-14(18)8-6-13/h3-10,16,20H,11H2,1-2H3,(H,19,21). The average Bonchev–Trinajstić information content (AvgIpc) is 2.48. The Bertz CT molecular complexity index is 803. The zero-order valence-corrected chi connectivity index (χ0v) is 15.0. The van der Waals surface area contributed by atoms with Crippen LogP contribution < -0.4 is 10.0 Å². The van der Waals surface area contributed by atoms with Crippen molar-refractivity contribution < 1.29 is 13.2 Å². The van der Waals surface area contributed by atoms with E-state index in [4.69, 9.17) is 11.6 Å².